The van der Waals surface area contributed by atoms with Crippen LogP contribution in [0.2, 0.25) is 0 Å². The number of halogens is 1. The second-order valence-corrected chi connectivity index (χ2v) is 7.74. The zero-order valence-electron chi connectivity index (χ0n) is 18.4. The number of aromatic nitrogens is 4. The molecule has 0 bridgehead atoms. The molecule has 1 aliphatic rings. The van der Waals surface area contributed by atoms with E-state index in [-0.39, 0.29) is 35.1 Å². The molecule has 0 amide bonds. The second kappa shape index (κ2) is 9.57. The van der Waals surface area contributed by atoms with Crippen molar-refractivity contribution < 1.29 is 9.13 Å². The zero-order valence-corrected chi connectivity index (χ0v) is 18.4. The Morgan fingerprint density at radius 1 is 1.44 bits per heavy atom. The molecule has 9 heteroatoms. The summed E-state index contributed by atoms with van der Waals surface area (Å²) in [6, 6.07) is 7.43. The number of nitrogens with two attached hydrogens (primary N) is 1. The molecule has 4 rings (SSSR count). The minimum atomic E-state index is -0.311. The lowest BCUT2D eigenvalue weighted by molar-refractivity contribution is 0.206. The van der Waals surface area contributed by atoms with Crippen LogP contribution in [-0.2, 0) is 18.3 Å². The van der Waals surface area contributed by atoms with Gasteiger partial charge < -0.3 is 10.5 Å². The highest BCUT2D eigenvalue weighted by Gasteiger charge is 2.26. The van der Waals surface area contributed by atoms with Crippen molar-refractivity contribution in [1.82, 2.24) is 20.0 Å². The van der Waals surface area contributed by atoms with E-state index in [2.05, 4.69) is 27.3 Å². The van der Waals surface area contributed by atoms with Crippen molar-refractivity contribution >= 4 is 16.8 Å². The Balaban J connectivity index is 1.84. The van der Waals surface area contributed by atoms with E-state index >= 15 is 0 Å². The molecule has 0 aliphatic heterocycles. The van der Waals surface area contributed by atoms with Crippen LogP contribution < -0.4 is 11.3 Å². The molecule has 1 saturated carbocycles. The van der Waals surface area contributed by atoms with E-state index in [1.54, 1.807) is 36.1 Å². The smallest absolute Gasteiger partial charge is 0.272 e. The highest BCUT2D eigenvalue weighted by Crippen LogP contribution is 2.32. The molecule has 1 fully saturated rings. The summed E-state index contributed by atoms with van der Waals surface area (Å²) in [6.45, 7) is 0.154. The van der Waals surface area contributed by atoms with E-state index in [1.165, 1.54) is 6.08 Å². The molecule has 34 heavy (non-hydrogen) atoms. The van der Waals surface area contributed by atoms with Crippen LogP contribution in [0.4, 0.5) is 4.39 Å². The van der Waals surface area contributed by atoms with E-state index in [9.17, 15) is 14.4 Å². The van der Waals surface area contributed by atoms with Crippen LogP contribution in [0.5, 0.6) is 0 Å². The highest BCUT2D eigenvalue weighted by atomic mass is 19.1. The van der Waals surface area contributed by atoms with E-state index in [1.807, 2.05) is 6.07 Å². The van der Waals surface area contributed by atoms with E-state index in [4.69, 9.17) is 16.9 Å². The predicted molar refractivity (Wildman–Crippen MR) is 126 cm³/mol. The van der Waals surface area contributed by atoms with Gasteiger partial charge in [0.05, 0.1) is 40.2 Å². The Morgan fingerprint density at radius 2 is 2.24 bits per heavy atom. The number of aryl methyl sites for hydroxylation is 1. The molecule has 3 aromatic rings. The van der Waals surface area contributed by atoms with Gasteiger partial charge in [0.25, 0.3) is 5.56 Å². The standard InChI is InChI=1S/C25H21FN6O2/c1-3-15(11-26)8-24(34-18-5-6-18)17(12-27)10-23-21(14-29-32(23)2)16-4-7-19-20(9-16)22(13-28)30-31-25(19)33/h1,4,7-11,14,18H,5-6,13,28H2,2H3,(H,31,33)/b15-11+,17-10+,24-8+. The Hall–Kier alpha value is -4.47. The van der Waals surface area contributed by atoms with Crippen molar-refractivity contribution in [3.63, 3.8) is 0 Å². The van der Waals surface area contributed by atoms with Gasteiger partial charge in [-0.2, -0.15) is 15.5 Å². The molecule has 0 radical (unpaired) electrons. The number of allylic oxidation sites excluding steroid dienone is 3. The van der Waals surface area contributed by atoms with Gasteiger partial charge in [-0.3, -0.25) is 9.48 Å². The fourth-order valence-corrected chi connectivity index (χ4v) is 3.47. The fraction of sp³-hybridized carbons (Fsp3) is 0.200. The first-order valence-corrected chi connectivity index (χ1v) is 10.5. The van der Waals surface area contributed by atoms with Crippen LogP contribution >= 0.6 is 0 Å². The topological polar surface area (TPSA) is 123 Å². The van der Waals surface area contributed by atoms with Crippen molar-refractivity contribution in [2.75, 3.05) is 0 Å². The Bertz CT molecular complexity index is 1490. The number of benzene rings is 1. The van der Waals surface area contributed by atoms with Gasteiger partial charge in [0, 0.05) is 24.5 Å². The molecule has 0 spiro atoms. The van der Waals surface area contributed by atoms with E-state index in [0.717, 1.165) is 18.4 Å². The van der Waals surface area contributed by atoms with Crippen molar-refractivity contribution in [2.24, 2.45) is 12.8 Å². The van der Waals surface area contributed by atoms with Crippen molar-refractivity contribution in [2.45, 2.75) is 25.5 Å². The molecule has 2 aromatic heterocycles. The second-order valence-electron chi connectivity index (χ2n) is 7.74. The SMILES string of the molecule is C#CC(=C\F)/C=C(OC1CC1)\C(C#N)=C\c1c(-c2ccc3c(=O)[nH]nc(CN)c3c2)cnn1C. The van der Waals surface area contributed by atoms with E-state index < -0.39 is 0 Å². The third-order valence-electron chi connectivity index (χ3n) is 5.41. The van der Waals surface area contributed by atoms with Gasteiger partial charge in [0.2, 0.25) is 0 Å². The molecule has 0 saturated heterocycles. The summed E-state index contributed by atoms with van der Waals surface area (Å²) in [5.41, 5.74) is 8.26. The summed E-state index contributed by atoms with van der Waals surface area (Å²) < 4.78 is 20.6. The van der Waals surface area contributed by atoms with Crippen molar-refractivity contribution in [3.8, 4) is 29.5 Å². The lowest BCUT2D eigenvalue weighted by Gasteiger charge is -2.10. The van der Waals surface area contributed by atoms with Gasteiger partial charge in [0.15, 0.2) is 0 Å². The molecule has 1 aromatic carbocycles. The molecule has 1 aliphatic carbocycles. The lowest BCUT2D eigenvalue weighted by Crippen LogP contribution is -2.13. The van der Waals surface area contributed by atoms with E-state index in [0.29, 0.717) is 34.1 Å². The number of ether oxygens (including phenoxy) is 1. The average molecular weight is 456 g/mol. The van der Waals surface area contributed by atoms with Crippen LogP contribution in [0.25, 0.3) is 28.0 Å². The molecule has 3 N–H and O–H groups in total. The van der Waals surface area contributed by atoms with Gasteiger partial charge in [-0.25, -0.2) is 9.49 Å². The predicted octanol–water partition coefficient (Wildman–Crippen LogP) is 3.24. The van der Waals surface area contributed by atoms with Gasteiger partial charge in [-0.05, 0) is 42.7 Å². The van der Waals surface area contributed by atoms with Crippen LogP contribution in [0.15, 0.2) is 58.5 Å². The summed E-state index contributed by atoms with van der Waals surface area (Å²) in [5.74, 6) is 2.42. The van der Waals surface area contributed by atoms with Gasteiger partial charge in [-0.15, -0.1) is 6.42 Å². The van der Waals surface area contributed by atoms with Crippen LogP contribution in [0, 0.1) is 23.7 Å². The van der Waals surface area contributed by atoms with Crippen molar-refractivity contribution in [1.29, 1.82) is 5.26 Å². The Labute approximate surface area is 194 Å². The normalized spacial score (nSPS) is 14.7. The minimum Gasteiger partial charge on any atom is -0.489 e. The fourth-order valence-electron chi connectivity index (χ4n) is 3.47. The number of hydrogen-bond acceptors (Lipinski definition) is 6. The first kappa shape index (κ1) is 22.7. The van der Waals surface area contributed by atoms with Gasteiger partial charge in [-0.1, -0.05) is 12.0 Å². The maximum Gasteiger partial charge on any atom is 0.272 e. The Kier molecular flexibility index (Phi) is 6.39. The third kappa shape index (κ3) is 4.51. The number of terminal acetylenes is 1. The number of nitrogens with zero attached hydrogens (tertiary/aromatic N) is 4. The molecule has 0 unspecified atom stereocenters. The summed E-state index contributed by atoms with van der Waals surface area (Å²) in [7, 11) is 1.74. The molecule has 2 heterocycles. The first-order chi connectivity index (χ1) is 16.5. The zero-order chi connectivity index (χ0) is 24.2. The average Bonchev–Trinajstić information content (AvgIpc) is 3.60. The summed E-state index contributed by atoms with van der Waals surface area (Å²) in [5, 5.41) is 21.8. The number of nitriles is 1. The number of hydrogen-bond donors (Lipinski definition) is 2. The first-order valence-electron chi connectivity index (χ1n) is 10.5. The Morgan fingerprint density at radius 3 is 2.88 bits per heavy atom. The minimum absolute atomic E-state index is 0.0339. The number of nitrogens with one attached hydrogen (secondary N) is 1. The van der Waals surface area contributed by atoms with Crippen molar-refractivity contribution in [3.05, 3.63) is 75.4 Å². The maximum absolute atomic E-state index is 13.1. The van der Waals surface area contributed by atoms with Crippen LogP contribution in [0.3, 0.4) is 0 Å². The maximum atomic E-state index is 13.1. The third-order valence-corrected chi connectivity index (χ3v) is 5.41. The molecular formula is C25H21FN6O2. The number of fused-ring (bicyclic) bond motifs is 1. The lowest BCUT2D eigenvalue weighted by atomic mass is 10.0. The molecule has 8 nitrogen and oxygen atoms in total. The van der Waals surface area contributed by atoms with Crippen LogP contribution in [-0.4, -0.2) is 26.1 Å². The van der Waals surface area contributed by atoms with Gasteiger partial charge >= 0.3 is 0 Å². The summed E-state index contributed by atoms with van der Waals surface area (Å²) >= 11 is 0. The summed E-state index contributed by atoms with van der Waals surface area (Å²) in [6.07, 6.45) is 11.9. The molecule has 0 atom stereocenters. The number of aromatic amines is 1. The number of rotatable bonds is 7. The van der Waals surface area contributed by atoms with Gasteiger partial charge in [0.1, 0.15) is 18.2 Å². The quantitative estimate of drug-likeness (QED) is 0.244. The highest BCUT2D eigenvalue weighted by molar-refractivity contribution is 5.89. The largest absolute Gasteiger partial charge is 0.489 e. The number of H-pyrrole nitrogens is 1. The molecule has 170 valence electrons. The molecular weight excluding hydrogens is 435 g/mol. The monoisotopic (exact) mass is 456 g/mol. The van der Waals surface area contributed by atoms with Crippen LogP contribution in [0.1, 0.15) is 24.2 Å². The summed E-state index contributed by atoms with van der Waals surface area (Å²) in [4.78, 5) is 12.2.